The van der Waals surface area contributed by atoms with Gasteiger partial charge < -0.3 is 35.7 Å². The molecule has 0 aliphatic carbocycles. The maximum absolute atomic E-state index is 13.8. The van der Waals surface area contributed by atoms with Crippen molar-refractivity contribution in [3.63, 3.8) is 0 Å². The highest BCUT2D eigenvalue weighted by Crippen LogP contribution is 2.33. The van der Waals surface area contributed by atoms with E-state index in [1.807, 2.05) is 87.5 Å². The van der Waals surface area contributed by atoms with Gasteiger partial charge in [0.1, 0.15) is 17.6 Å². The summed E-state index contributed by atoms with van der Waals surface area (Å²) in [7, 11) is 0. The highest BCUT2D eigenvalue weighted by atomic mass is 19.4. The summed E-state index contributed by atoms with van der Waals surface area (Å²) < 4.78 is 49.6. The number of nitrogen functional groups attached to an aromatic ring is 1. The van der Waals surface area contributed by atoms with Crippen molar-refractivity contribution in [2.24, 2.45) is 5.92 Å². The molecule has 0 spiro atoms. The fourth-order valence-corrected chi connectivity index (χ4v) is 4.41. The van der Waals surface area contributed by atoms with Crippen LogP contribution >= 0.6 is 0 Å². The second-order valence-electron chi connectivity index (χ2n) is 11.3. The first-order valence-electron chi connectivity index (χ1n) is 15.3. The number of amides is 1. The van der Waals surface area contributed by atoms with Gasteiger partial charge in [-0.15, -0.1) is 0 Å². The lowest BCUT2D eigenvalue weighted by atomic mass is 10.0. The molecule has 48 heavy (non-hydrogen) atoms. The summed E-state index contributed by atoms with van der Waals surface area (Å²) in [5, 5.41) is 15.4. The molecule has 3 aromatic carbocycles. The summed E-state index contributed by atoms with van der Waals surface area (Å²) in [6.45, 7) is 11.4. The Morgan fingerprint density at radius 2 is 1.65 bits per heavy atom. The number of carboxylic acid groups (broad SMARTS) is 1. The fraction of sp³-hybridized carbons (Fsp3) is 0.343. The number of alkyl halides is 3. The van der Waals surface area contributed by atoms with Crippen LogP contribution in [-0.4, -0.2) is 47.5 Å². The summed E-state index contributed by atoms with van der Waals surface area (Å²) in [5.41, 5.74) is 8.47. The van der Waals surface area contributed by atoms with E-state index in [-0.39, 0.29) is 12.0 Å². The van der Waals surface area contributed by atoms with Gasteiger partial charge >= 0.3 is 12.1 Å². The van der Waals surface area contributed by atoms with Crippen LogP contribution in [0, 0.1) is 5.92 Å². The van der Waals surface area contributed by atoms with Crippen LogP contribution in [0.3, 0.4) is 0 Å². The number of aliphatic carboxylic acids is 1. The van der Waals surface area contributed by atoms with Gasteiger partial charge in [0.15, 0.2) is 11.5 Å². The molecule has 1 amide bonds. The zero-order chi connectivity index (χ0) is 35.4. The SMILES string of the molecule is CCOc1cc(C(Nc2ccc3c(N)nccc3c2)C(=O)NCc2ccccc2OCC(C)C)ccc1OC(C)C.O=C(O)C(F)(F)F. The molecule has 4 rings (SSSR count). The molecule has 5 N–H and O–H groups in total. The van der Waals surface area contributed by atoms with E-state index < -0.39 is 18.2 Å². The second kappa shape index (κ2) is 17.1. The molecule has 258 valence electrons. The van der Waals surface area contributed by atoms with Crippen LogP contribution in [0.15, 0.2) is 72.9 Å². The molecule has 1 heterocycles. The molecule has 0 saturated heterocycles. The molecule has 0 saturated carbocycles. The van der Waals surface area contributed by atoms with Gasteiger partial charge in [-0.25, -0.2) is 9.78 Å². The molecule has 1 atom stereocenters. The smallest absolute Gasteiger partial charge is 0.490 e. The van der Waals surface area contributed by atoms with Gasteiger partial charge in [-0.3, -0.25) is 4.79 Å². The van der Waals surface area contributed by atoms with E-state index >= 15 is 0 Å². The minimum absolute atomic E-state index is 0.0187. The third kappa shape index (κ3) is 11.0. The molecule has 0 aliphatic heterocycles. The summed E-state index contributed by atoms with van der Waals surface area (Å²) in [6.07, 6.45) is -3.43. The van der Waals surface area contributed by atoms with Crippen molar-refractivity contribution >= 4 is 34.2 Å². The van der Waals surface area contributed by atoms with Crippen LogP contribution < -0.4 is 30.6 Å². The second-order valence-corrected chi connectivity index (χ2v) is 11.3. The standard InChI is InChI=1S/C33H40N4O4.C2HF3O2/c1-6-39-30-18-24(11-14-29(30)41-22(4)5)31(37-26-12-13-27-23(17-26)15-16-35-32(27)34)33(38)36-19-25-9-7-8-10-28(25)40-20-21(2)3;3-2(4,5)1(6)7/h7-18,21-22,31,37H,6,19-20H2,1-5H3,(H2,34,35)(H,36,38);(H,6,7). The number of hydrogen-bond donors (Lipinski definition) is 4. The van der Waals surface area contributed by atoms with Gasteiger partial charge in [0, 0.05) is 29.4 Å². The minimum atomic E-state index is -5.08. The molecule has 1 aromatic heterocycles. The number of benzene rings is 3. The molecule has 0 radical (unpaired) electrons. The average molecular weight is 671 g/mol. The van der Waals surface area contributed by atoms with Crippen LogP contribution in [0.4, 0.5) is 24.7 Å². The third-order valence-electron chi connectivity index (χ3n) is 6.57. The molecule has 0 aliphatic rings. The minimum Gasteiger partial charge on any atom is -0.493 e. The van der Waals surface area contributed by atoms with Gasteiger partial charge in [-0.05, 0) is 80.1 Å². The Hall–Kier alpha value is -5.20. The Morgan fingerprint density at radius 3 is 2.29 bits per heavy atom. The lowest BCUT2D eigenvalue weighted by Crippen LogP contribution is -2.33. The van der Waals surface area contributed by atoms with Gasteiger partial charge in [0.2, 0.25) is 5.91 Å². The predicted molar refractivity (Wildman–Crippen MR) is 178 cm³/mol. The third-order valence-corrected chi connectivity index (χ3v) is 6.57. The number of nitrogens with zero attached hydrogens (tertiary/aromatic N) is 1. The normalized spacial score (nSPS) is 11.8. The van der Waals surface area contributed by atoms with Crippen LogP contribution in [0.25, 0.3) is 10.8 Å². The number of carbonyl (C=O) groups is 2. The highest BCUT2D eigenvalue weighted by molar-refractivity contribution is 5.94. The number of carbonyl (C=O) groups excluding carboxylic acids is 1. The number of carboxylic acids is 1. The monoisotopic (exact) mass is 670 g/mol. The first kappa shape index (κ1) is 37.3. The number of rotatable bonds is 13. The van der Waals surface area contributed by atoms with Gasteiger partial charge in [-0.2, -0.15) is 13.2 Å². The van der Waals surface area contributed by atoms with Crippen molar-refractivity contribution < 1.29 is 42.1 Å². The maximum Gasteiger partial charge on any atom is 0.490 e. The zero-order valence-corrected chi connectivity index (χ0v) is 27.4. The van der Waals surface area contributed by atoms with Crippen molar-refractivity contribution in [1.29, 1.82) is 0 Å². The molecule has 0 bridgehead atoms. The maximum atomic E-state index is 13.8. The Labute approximate surface area is 277 Å². The Morgan fingerprint density at radius 1 is 0.938 bits per heavy atom. The van der Waals surface area contributed by atoms with Crippen LogP contribution in [-0.2, 0) is 16.1 Å². The number of ether oxygens (including phenoxy) is 3. The van der Waals surface area contributed by atoms with E-state index in [0.29, 0.717) is 43.0 Å². The lowest BCUT2D eigenvalue weighted by molar-refractivity contribution is -0.192. The number of nitrogens with one attached hydrogen (secondary N) is 2. The number of aromatic nitrogens is 1. The number of nitrogens with two attached hydrogens (primary N) is 1. The van der Waals surface area contributed by atoms with E-state index in [4.69, 9.17) is 29.8 Å². The zero-order valence-electron chi connectivity index (χ0n) is 27.4. The molecule has 1 unspecified atom stereocenters. The van der Waals surface area contributed by atoms with Crippen LogP contribution in [0.5, 0.6) is 17.2 Å². The average Bonchev–Trinajstić information content (AvgIpc) is 3.02. The van der Waals surface area contributed by atoms with Crippen molar-refractivity contribution in [2.45, 2.75) is 59.5 Å². The molecule has 4 aromatic rings. The van der Waals surface area contributed by atoms with Crippen LogP contribution in [0.1, 0.15) is 51.8 Å². The van der Waals surface area contributed by atoms with Gasteiger partial charge in [-0.1, -0.05) is 38.1 Å². The number of pyridine rings is 1. The first-order valence-corrected chi connectivity index (χ1v) is 15.3. The quantitative estimate of drug-likeness (QED) is 0.117. The van der Waals surface area contributed by atoms with E-state index in [9.17, 15) is 18.0 Å². The van der Waals surface area contributed by atoms with E-state index in [1.165, 1.54) is 0 Å². The van der Waals surface area contributed by atoms with Crippen molar-refractivity contribution in [3.8, 4) is 17.2 Å². The molecule has 13 heteroatoms. The summed E-state index contributed by atoms with van der Waals surface area (Å²) >= 11 is 0. The molecule has 0 fully saturated rings. The molecule has 10 nitrogen and oxygen atoms in total. The summed E-state index contributed by atoms with van der Waals surface area (Å²) in [6, 6.07) is 20.3. The topological polar surface area (TPSA) is 145 Å². The summed E-state index contributed by atoms with van der Waals surface area (Å²) in [4.78, 5) is 26.9. The highest BCUT2D eigenvalue weighted by Gasteiger charge is 2.38. The van der Waals surface area contributed by atoms with Gasteiger partial charge in [0.05, 0.1) is 19.3 Å². The van der Waals surface area contributed by atoms with Crippen LogP contribution in [0.2, 0.25) is 0 Å². The lowest BCUT2D eigenvalue weighted by Gasteiger charge is -2.23. The summed E-state index contributed by atoms with van der Waals surface area (Å²) in [5.74, 6) is -0.117. The number of fused-ring (bicyclic) bond motifs is 1. The van der Waals surface area contributed by atoms with Crippen molar-refractivity contribution in [3.05, 3.63) is 84.1 Å². The largest absolute Gasteiger partial charge is 0.493 e. The molecular formula is C35H41F3N4O6. The Kier molecular flexibility index (Phi) is 13.3. The van der Waals surface area contributed by atoms with Gasteiger partial charge in [0.25, 0.3) is 0 Å². The first-order chi connectivity index (χ1) is 22.7. The Balaban J connectivity index is 0.000000804. The molecular weight excluding hydrogens is 629 g/mol. The van der Waals surface area contributed by atoms with Crippen molar-refractivity contribution in [1.82, 2.24) is 10.3 Å². The number of hydrogen-bond acceptors (Lipinski definition) is 8. The van der Waals surface area contributed by atoms with E-state index in [2.05, 4.69) is 29.5 Å². The number of para-hydroxylation sites is 1. The van der Waals surface area contributed by atoms with Crippen molar-refractivity contribution in [2.75, 3.05) is 24.3 Å². The Bertz CT molecular complexity index is 1680. The van der Waals surface area contributed by atoms with E-state index in [0.717, 1.165) is 33.3 Å². The predicted octanol–water partition coefficient (Wildman–Crippen LogP) is 7.14. The van der Waals surface area contributed by atoms with E-state index in [1.54, 1.807) is 6.20 Å². The number of halogens is 3. The fourth-order valence-electron chi connectivity index (χ4n) is 4.41. The number of anilines is 2.